The highest BCUT2D eigenvalue weighted by Gasteiger charge is 2.24. The van der Waals surface area contributed by atoms with Gasteiger partial charge in [0.2, 0.25) is 0 Å². The van der Waals surface area contributed by atoms with Crippen LogP contribution in [-0.2, 0) is 11.3 Å². The smallest absolute Gasteiger partial charge is 0.188 e. The summed E-state index contributed by atoms with van der Waals surface area (Å²) in [6, 6.07) is 12.1. The van der Waals surface area contributed by atoms with Crippen molar-refractivity contribution in [2.75, 3.05) is 6.86 Å². The van der Waals surface area contributed by atoms with Crippen LogP contribution in [0, 0.1) is 0 Å². The van der Waals surface area contributed by atoms with E-state index in [1.54, 1.807) is 0 Å². The van der Waals surface area contributed by atoms with Gasteiger partial charge in [-0.1, -0.05) is 30.3 Å². The molecule has 0 N–H and O–H groups in total. The molecule has 1 aromatic carbocycles. The third kappa shape index (κ3) is 2.82. The minimum absolute atomic E-state index is 0.289. The van der Waals surface area contributed by atoms with Crippen LogP contribution in [0.1, 0.15) is 30.0 Å². The van der Waals surface area contributed by atoms with Crippen molar-refractivity contribution in [1.82, 2.24) is 4.98 Å². The fourth-order valence-corrected chi connectivity index (χ4v) is 2.26. The maximum Gasteiger partial charge on any atom is 0.188 e. The third-order valence-corrected chi connectivity index (χ3v) is 3.45. The molecule has 0 atom stereocenters. The first-order valence-electron chi connectivity index (χ1n) is 6.56. The quantitative estimate of drug-likeness (QED) is 0.805. The maximum absolute atomic E-state index is 12.1. The fourth-order valence-electron chi connectivity index (χ4n) is 2.26. The van der Waals surface area contributed by atoms with E-state index >= 15 is 0 Å². The molecule has 3 rings (SSSR count). The van der Waals surface area contributed by atoms with Gasteiger partial charge in [-0.15, -0.1) is 0 Å². The number of halogens is 1. The average Bonchev–Trinajstić information content (AvgIpc) is 3.30. The Kier molecular flexibility index (Phi) is 3.56. The van der Waals surface area contributed by atoms with Crippen LogP contribution in [0.3, 0.4) is 0 Å². The summed E-state index contributed by atoms with van der Waals surface area (Å²) in [7, 11) is 0. The zero-order valence-corrected chi connectivity index (χ0v) is 10.7. The van der Waals surface area contributed by atoms with Crippen LogP contribution in [0.2, 0.25) is 0 Å². The van der Waals surface area contributed by atoms with E-state index in [9.17, 15) is 4.39 Å². The van der Waals surface area contributed by atoms with E-state index in [-0.39, 0.29) is 6.61 Å². The Morgan fingerprint density at radius 2 is 2.00 bits per heavy atom. The van der Waals surface area contributed by atoms with E-state index in [1.165, 1.54) is 18.5 Å². The minimum atomic E-state index is -0.757. The monoisotopic (exact) mass is 257 g/mol. The van der Waals surface area contributed by atoms with Gasteiger partial charge in [-0.05, 0) is 30.0 Å². The van der Waals surface area contributed by atoms with Gasteiger partial charge in [0.15, 0.2) is 6.86 Å². The molecule has 3 heteroatoms. The summed E-state index contributed by atoms with van der Waals surface area (Å²) in [6.07, 6.45) is 4.42. The molecule has 1 saturated carbocycles. The maximum atomic E-state index is 12.1. The van der Waals surface area contributed by atoms with Gasteiger partial charge in [-0.25, -0.2) is 4.39 Å². The number of pyridine rings is 1. The lowest BCUT2D eigenvalue weighted by atomic mass is 10.0. The average molecular weight is 257 g/mol. The molecular weight excluding hydrogens is 241 g/mol. The SMILES string of the molecule is FCOCc1ccccc1-c1ccc(C2CC2)nc1. The molecule has 0 radical (unpaired) electrons. The molecule has 0 bridgehead atoms. The van der Waals surface area contributed by atoms with Gasteiger partial charge in [0.25, 0.3) is 0 Å². The first kappa shape index (κ1) is 12.3. The Morgan fingerprint density at radius 1 is 1.16 bits per heavy atom. The highest BCUT2D eigenvalue weighted by Crippen LogP contribution is 2.39. The molecule has 1 aromatic heterocycles. The van der Waals surface area contributed by atoms with Crippen molar-refractivity contribution in [3.8, 4) is 11.1 Å². The zero-order chi connectivity index (χ0) is 13.1. The summed E-state index contributed by atoms with van der Waals surface area (Å²) >= 11 is 0. The van der Waals surface area contributed by atoms with Crippen LogP contribution in [0.25, 0.3) is 11.1 Å². The van der Waals surface area contributed by atoms with Crippen molar-refractivity contribution in [3.05, 3.63) is 53.9 Å². The Hall–Kier alpha value is -1.74. The molecule has 1 heterocycles. The van der Waals surface area contributed by atoms with Gasteiger partial charge < -0.3 is 4.74 Å². The van der Waals surface area contributed by atoms with Crippen molar-refractivity contribution in [2.24, 2.45) is 0 Å². The van der Waals surface area contributed by atoms with Gasteiger partial charge >= 0.3 is 0 Å². The van der Waals surface area contributed by atoms with Gasteiger partial charge in [-0.3, -0.25) is 4.98 Å². The van der Waals surface area contributed by atoms with Crippen LogP contribution in [0.4, 0.5) is 4.39 Å². The molecule has 2 aromatic rings. The third-order valence-electron chi connectivity index (χ3n) is 3.45. The first-order chi connectivity index (χ1) is 9.38. The molecule has 0 saturated heterocycles. The molecule has 0 spiro atoms. The second-order valence-corrected chi connectivity index (χ2v) is 4.86. The zero-order valence-electron chi connectivity index (χ0n) is 10.7. The summed E-state index contributed by atoms with van der Waals surface area (Å²) in [6.45, 7) is -0.468. The predicted octanol–water partition coefficient (Wildman–Crippen LogP) is 4.07. The molecular formula is C16H16FNO. The highest BCUT2D eigenvalue weighted by atomic mass is 19.1. The largest absolute Gasteiger partial charge is 0.346 e. The predicted molar refractivity (Wildman–Crippen MR) is 72.4 cm³/mol. The van der Waals surface area contributed by atoms with E-state index < -0.39 is 6.86 Å². The lowest BCUT2D eigenvalue weighted by Gasteiger charge is -2.09. The summed E-state index contributed by atoms with van der Waals surface area (Å²) in [5, 5.41) is 0. The van der Waals surface area contributed by atoms with Crippen LogP contribution < -0.4 is 0 Å². The van der Waals surface area contributed by atoms with Gasteiger partial charge in [0.05, 0.1) is 6.61 Å². The second-order valence-electron chi connectivity index (χ2n) is 4.86. The molecule has 0 aliphatic heterocycles. The number of aromatic nitrogens is 1. The van der Waals surface area contributed by atoms with E-state index in [0.717, 1.165) is 16.7 Å². The highest BCUT2D eigenvalue weighted by molar-refractivity contribution is 5.66. The van der Waals surface area contributed by atoms with Crippen LogP contribution in [0.15, 0.2) is 42.6 Å². The van der Waals surface area contributed by atoms with Crippen molar-refractivity contribution in [2.45, 2.75) is 25.4 Å². The molecule has 0 amide bonds. The van der Waals surface area contributed by atoms with Crippen LogP contribution in [0.5, 0.6) is 0 Å². The Morgan fingerprint density at radius 3 is 2.68 bits per heavy atom. The molecule has 1 aliphatic rings. The Bertz CT molecular complexity index is 549. The van der Waals surface area contributed by atoms with E-state index in [4.69, 9.17) is 4.74 Å². The van der Waals surface area contributed by atoms with Crippen molar-refractivity contribution in [3.63, 3.8) is 0 Å². The summed E-state index contributed by atoms with van der Waals surface area (Å²) in [5.41, 5.74) is 4.29. The molecule has 2 nitrogen and oxygen atoms in total. The molecule has 0 unspecified atom stereocenters. The van der Waals surface area contributed by atoms with Crippen molar-refractivity contribution < 1.29 is 9.13 Å². The number of hydrogen-bond acceptors (Lipinski definition) is 2. The lowest BCUT2D eigenvalue weighted by molar-refractivity contribution is 0.0464. The minimum Gasteiger partial charge on any atom is -0.346 e. The molecule has 1 aliphatic carbocycles. The van der Waals surface area contributed by atoms with Gasteiger partial charge in [-0.2, -0.15) is 0 Å². The summed E-state index contributed by atoms with van der Waals surface area (Å²) in [4.78, 5) is 4.52. The first-order valence-corrected chi connectivity index (χ1v) is 6.56. The Balaban J connectivity index is 1.87. The normalized spacial score (nSPS) is 14.6. The summed E-state index contributed by atoms with van der Waals surface area (Å²) < 4.78 is 17.0. The van der Waals surface area contributed by atoms with Crippen LogP contribution >= 0.6 is 0 Å². The lowest BCUT2D eigenvalue weighted by Crippen LogP contribution is -1.95. The number of nitrogens with zero attached hydrogens (tertiary/aromatic N) is 1. The number of ether oxygens (including phenoxy) is 1. The van der Waals surface area contributed by atoms with E-state index in [2.05, 4.69) is 17.1 Å². The number of rotatable bonds is 5. The molecule has 1 fully saturated rings. The van der Waals surface area contributed by atoms with Crippen molar-refractivity contribution in [1.29, 1.82) is 0 Å². The fraction of sp³-hybridized carbons (Fsp3) is 0.312. The van der Waals surface area contributed by atoms with Crippen molar-refractivity contribution >= 4 is 0 Å². The number of benzene rings is 1. The van der Waals surface area contributed by atoms with E-state index in [0.29, 0.717) is 5.92 Å². The standard InChI is InChI=1S/C16H16FNO/c17-11-19-10-14-3-1-2-4-15(14)13-7-8-16(18-9-13)12-5-6-12/h1-4,7-9,12H,5-6,10-11H2. The molecule has 98 valence electrons. The number of alkyl halides is 1. The molecule has 19 heavy (non-hydrogen) atoms. The van der Waals surface area contributed by atoms with Gasteiger partial charge in [0, 0.05) is 23.4 Å². The number of hydrogen-bond donors (Lipinski definition) is 0. The van der Waals surface area contributed by atoms with Gasteiger partial charge in [0.1, 0.15) is 0 Å². The Labute approximate surface area is 112 Å². The van der Waals surface area contributed by atoms with Crippen LogP contribution in [-0.4, -0.2) is 11.8 Å². The summed E-state index contributed by atoms with van der Waals surface area (Å²) in [5.74, 6) is 0.666. The topological polar surface area (TPSA) is 22.1 Å². The second kappa shape index (κ2) is 5.49. The van der Waals surface area contributed by atoms with E-state index in [1.807, 2.05) is 30.5 Å².